The molecule has 5 amide bonds. The van der Waals surface area contributed by atoms with E-state index in [4.69, 9.17) is 0 Å². The van der Waals surface area contributed by atoms with Crippen molar-refractivity contribution in [3.8, 4) is 0 Å². The van der Waals surface area contributed by atoms with E-state index in [1.54, 1.807) is 31.2 Å². The zero-order chi connectivity index (χ0) is 28.2. The standard InChI is InChI=1S/C26H31F2N5O5/c1-4-13-31(5-2)33(25(36)29-15-20-9-7-6-8-10-20)24(32(18-34)26(37)38)17-30(19(3)35)16-21-11-12-22(27)14-23(21)28/h4,6-12,14,18,24H,1,5,13,15-17H2,2-3H3,(H,29,36)(H,37,38). The second kappa shape index (κ2) is 14.4. The van der Waals surface area contributed by atoms with Gasteiger partial charge in [-0.3, -0.25) is 9.59 Å². The Morgan fingerprint density at radius 1 is 1.13 bits per heavy atom. The fourth-order valence-electron chi connectivity index (χ4n) is 3.71. The van der Waals surface area contributed by atoms with Gasteiger partial charge in [0.25, 0.3) is 0 Å². The van der Waals surface area contributed by atoms with E-state index >= 15 is 0 Å². The van der Waals surface area contributed by atoms with E-state index in [1.165, 1.54) is 18.0 Å². The minimum Gasteiger partial charge on any atom is -0.465 e. The highest BCUT2D eigenvalue weighted by molar-refractivity contribution is 5.81. The summed E-state index contributed by atoms with van der Waals surface area (Å²) < 4.78 is 27.8. The summed E-state index contributed by atoms with van der Waals surface area (Å²) in [5, 5.41) is 15.0. The maximum Gasteiger partial charge on any atom is 0.415 e. The predicted molar refractivity (Wildman–Crippen MR) is 135 cm³/mol. The predicted octanol–water partition coefficient (Wildman–Crippen LogP) is 3.41. The number of hydrogen-bond acceptors (Lipinski definition) is 5. The first-order valence-electron chi connectivity index (χ1n) is 11.8. The van der Waals surface area contributed by atoms with Gasteiger partial charge < -0.3 is 15.3 Å². The van der Waals surface area contributed by atoms with Crippen LogP contribution in [-0.4, -0.2) is 75.2 Å². The molecule has 10 nitrogen and oxygen atoms in total. The van der Waals surface area contributed by atoms with Gasteiger partial charge >= 0.3 is 12.1 Å². The Morgan fingerprint density at radius 3 is 2.34 bits per heavy atom. The van der Waals surface area contributed by atoms with Gasteiger partial charge in [0, 0.05) is 44.7 Å². The Morgan fingerprint density at radius 2 is 1.82 bits per heavy atom. The molecule has 0 saturated carbocycles. The molecule has 0 aliphatic carbocycles. The number of hydrazine groups is 1. The lowest BCUT2D eigenvalue weighted by atomic mass is 10.2. The van der Waals surface area contributed by atoms with Crippen LogP contribution in [-0.2, 0) is 22.7 Å². The molecule has 2 aromatic rings. The van der Waals surface area contributed by atoms with Crippen molar-refractivity contribution in [3.05, 3.63) is 83.9 Å². The average Bonchev–Trinajstić information content (AvgIpc) is 2.88. The molecule has 2 N–H and O–H groups in total. The van der Waals surface area contributed by atoms with Gasteiger partial charge in [-0.2, -0.15) is 0 Å². The zero-order valence-electron chi connectivity index (χ0n) is 21.2. The number of carbonyl (C=O) groups excluding carboxylic acids is 3. The second-order valence-corrected chi connectivity index (χ2v) is 8.19. The van der Waals surface area contributed by atoms with E-state index < -0.39 is 42.4 Å². The van der Waals surface area contributed by atoms with Gasteiger partial charge in [-0.1, -0.05) is 49.4 Å². The van der Waals surface area contributed by atoms with Gasteiger partial charge in [-0.05, 0) is 11.6 Å². The van der Waals surface area contributed by atoms with Gasteiger partial charge in [-0.25, -0.2) is 33.3 Å². The quantitative estimate of drug-likeness (QED) is 0.177. The smallest absolute Gasteiger partial charge is 0.415 e. The topological polar surface area (TPSA) is 114 Å². The minimum atomic E-state index is -1.67. The third-order valence-electron chi connectivity index (χ3n) is 5.65. The summed E-state index contributed by atoms with van der Waals surface area (Å²) in [7, 11) is 0. The van der Waals surface area contributed by atoms with E-state index in [0.717, 1.165) is 27.6 Å². The molecule has 2 rings (SSSR count). The van der Waals surface area contributed by atoms with Crippen LogP contribution in [0.25, 0.3) is 0 Å². The summed E-state index contributed by atoms with van der Waals surface area (Å²) in [5.41, 5.74) is 0.735. The van der Waals surface area contributed by atoms with Crippen LogP contribution in [0.4, 0.5) is 18.4 Å². The summed E-state index contributed by atoms with van der Waals surface area (Å²) in [4.78, 5) is 51.4. The van der Waals surface area contributed by atoms with Gasteiger partial charge in [-0.15, -0.1) is 6.58 Å². The van der Waals surface area contributed by atoms with Crippen molar-refractivity contribution in [2.24, 2.45) is 0 Å². The van der Waals surface area contributed by atoms with Crippen LogP contribution < -0.4 is 5.32 Å². The SMILES string of the molecule is C=CCN(CC)N(C(=O)NCc1ccccc1)C(CN(Cc1ccc(F)cc1F)C(C)=O)N(C=O)C(=O)O. The summed E-state index contributed by atoms with van der Waals surface area (Å²) in [6.45, 7) is 6.10. The molecule has 0 bridgehead atoms. The highest BCUT2D eigenvalue weighted by atomic mass is 19.1. The number of halogens is 2. The van der Waals surface area contributed by atoms with Gasteiger partial charge in [0.15, 0.2) is 6.17 Å². The molecule has 0 aliphatic rings. The van der Waals surface area contributed by atoms with E-state index in [0.29, 0.717) is 11.0 Å². The summed E-state index contributed by atoms with van der Waals surface area (Å²) in [6.07, 6.45) is -1.69. The van der Waals surface area contributed by atoms with Crippen LogP contribution in [0, 0.1) is 11.6 Å². The molecule has 0 aliphatic heterocycles. The Hall–Kier alpha value is -4.32. The highest BCUT2D eigenvalue weighted by Crippen LogP contribution is 2.17. The van der Waals surface area contributed by atoms with Crippen LogP contribution in [0.5, 0.6) is 0 Å². The molecule has 0 saturated heterocycles. The van der Waals surface area contributed by atoms with Crippen LogP contribution in [0.1, 0.15) is 25.0 Å². The maximum atomic E-state index is 14.4. The number of imide groups is 1. The van der Waals surface area contributed by atoms with Crippen LogP contribution in [0.3, 0.4) is 0 Å². The first-order valence-corrected chi connectivity index (χ1v) is 11.8. The maximum absolute atomic E-state index is 14.4. The van der Waals surface area contributed by atoms with Gasteiger partial charge in [0.2, 0.25) is 12.3 Å². The van der Waals surface area contributed by atoms with Crippen molar-refractivity contribution >= 4 is 24.4 Å². The first kappa shape index (κ1) is 29.9. The molecule has 0 heterocycles. The number of likely N-dealkylation sites (N-methyl/N-ethyl adjacent to an activating group) is 1. The molecule has 0 aromatic heterocycles. The number of urea groups is 1. The fraction of sp³-hybridized carbons (Fsp3) is 0.308. The number of nitrogens with zero attached hydrogens (tertiary/aromatic N) is 4. The molecule has 1 unspecified atom stereocenters. The number of amides is 5. The van der Waals surface area contributed by atoms with Crippen molar-refractivity contribution in [2.75, 3.05) is 19.6 Å². The minimum absolute atomic E-state index is 0.0308. The van der Waals surface area contributed by atoms with Crippen molar-refractivity contribution in [1.29, 1.82) is 0 Å². The first-order chi connectivity index (χ1) is 18.1. The fourth-order valence-corrected chi connectivity index (χ4v) is 3.71. The van der Waals surface area contributed by atoms with E-state index in [1.807, 2.05) is 6.07 Å². The van der Waals surface area contributed by atoms with Crippen LogP contribution in [0.2, 0.25) is 0 Å². The zero-order valence-corrected chi connectivity index (χ0v) is 21.2. The van der Waals surface area contributed by atoms with Gasteiger partial charge in [0.05, 0.1) is 6.54 Å². The molecule has 0 fully saturated rings. The van der Waals surface area contributed by atoms with Crippen molar-refractivity contribution in [2.45, 2.75) is 33.1 Å². The van der Waals surface area contributed by atoms with Crippen molar-refractivity contribution in [1.82, 2.24) is 25.1 Å². The summed E-state index contributed by atoms with van der Waals surface area (Å²) in [6, 6.07) is 11.1. The number of carbonyl (C=O) groups is 4. The Balaban J connectivity index is 2.49. The third-order valence-corrected chi connectivity index (χ3v) is 5.65. The lowest BCUT2D eigenvalue weighted by Crippen LogP contribution is -2.64. The van der Waals surface area contributed by atoms with E-state index in [-0.39, 0.29) is 38.2 Å². The monoisotopic (exact) mass is 531 g/mol. The van der Waals surface area contributed by atoms with Gasteiger partial charge in [0.1, 0.15) is 11.6 Å². The highest BCUT2D eigenvalue weighted by Gasteiger charge is 2.37. The molecule has 2 aromatic carbocycles. The van der Waals surface area contributed by atoms with E-state index in [9.17, 15) is 33.1 Å². The lowest BCUT2D eigenvalue weighted by molar-refractivity contribution is -0.138. The third kappa shape index (κ3) is 8.10. The number of rotatable bonds is 13. The molecule has 0 spiro atoms. The number of benzene rings is 2. The lowest BCUT2D eigenvalue weighted by Gasteiger charge is -2.43. The van der Waals surface area contributed by atoms with Crippen molar-refractivity contribution < 1.29 is 33.1 Å². The molecular weight excluding hydrogens is 500 g/mol. The number of carboxylic acid groups (broad SMARTS) is 1. The van der Waals surface area contributed by atoms with E-state index in [2.05, 4.69) is 11.9 Å². The van der Waals surface area contributed by atoms with Crippen LogP contribution in [0.15, 0.2) is 61.2 Å². The molecule has 204 valence electrons. The molecule has 0 radical (unpaired) electrons. The van der Waals surface area contributed by atoms with Crippen LogP contribution >= 0.6 is 0 Å². The van der Waals surface area contributed by atoms with Crippen molar-refractivity contribution in [3.63, 3.8) is 0 Å². The molecule has 38 heavy (non-hydrogen) atoms. The Bertz CT molecular complexity index is 1130. The summed E-state index contributed by atoms with van der Waals surface area (Å²) >= 11 is 0. The normalized spacial score (nSPS) is 11.4. The number of hydrogen-bond donors (Lipinski definition) is 2. The summed E-state index contributed by atoms with van der Waals surface area (Å²) in [5.74, 6) is -2.30. The second-order valence-electron chi connectivity index (χ2n) is 8.19. The Kier molecular flexibility index (Phi) is 11.4. The molecule has 1 atom stereocenters. The molecular formula is C26H31F2N5O5. The number of nitrogens with one attached hydrogen (secondary N) is 1. The average molecular weight is 532 g/mol. The molecule has 12 heteroatoms. The largest absolute Gasteiger partial charge is 0.465 e. The Labute approximate surface area is 219 Å².